The molecule has 2 aromatic heterocycles. The Morgan fingerprint density at radius 2 is 1.08 bits per heavy atom. The van der Waals surface area contributed by atoms with E-state index in [1.54, 1.807) is 24.7 Å². The highest BCUT2D eigenvalue weighted by molar-refractivity contribution is 9.10. The number of nitrogens with zero attached hydrogens (tertiary/aromatic N) is 2. The molecule has 0 bridgehead atoms. The maximum atomic E-state index is 11.1. The summed E-state index contributed by atoms with van der Waals surface area (Å²) in [5, 5.41) is 18.0. The van der Waals surface area contributed by atoms with Crippen molar-refractivity contribution in [3.63, 3.8) is 0 Å². The smallest absolute Gasteiger partial charge is 0.469 e. The van der Waals surface area contributed by atoms with E-state index in [0.717, 1.165) is 15.6 Å². The summed E-state index contributed by atoms with van der Waals surface area (Å²) in [5.41, 5.74) is 0.681. The van der Waals surface area contributed by atoms with E-state index in [9.17, 15) is 9.59 Å². The van der Waals surface area contributed by atoms with Crippen LogP contribution in [0.25, 0.3) is 0 Å². The molecule has 0 aromatic carbocycles. The third-order valence-corrected chi connectivity index (χ3v) is 9.54. The molecule has 2 fully saturated rings. The van der Waals surface area contributed by atoms with Crippen LogP contribution in [0.1, 0.15) is 112 Å². The number of carbonyl (C=O) groups is 2. The fourth-order valence-electron chi connectivity index (χ4n) is 4.49. The van der Waals surface area contributed by atoms with E-state index in [-0.39, 0.29) is 60.0 Å². The number of rotatable bonds is 8. The van der Waals surface area contributed by atoms with Gasteiger partial charge in [-0.25, -0.2) is 0 Å². The topological polar surface area (TPSA) is 156 Å². The Morgan fingerprint density at radius 3 is 1.41 bits per heavy atom. The zero-order chi connectivity index (χ0) is 36.7. The van der Waals surface area contributed by atoms with Gasteiger partial charge in [-0.1, -0.05) is 27.3 Å². The van der Waals surface area contributed by atoms with Gasteiger partial charge in [0.2, 0.25) is 0 Å². The summed E-state index contributed by atoms with van der Waals surface area (Å²) in [7, 11) is 0.236. The normalized spacial score (nSPS) is 19.2. The molecule has 2 unspecified atom stereocenters. The Hall–Kier alpha value is -2.33. The molecule has 0 aliphatic carbocycles. The highest BCUT2D eigenvalue weighted by Crippen LogP contribution is 2.43. The predicted octanol–water partition coefficient (Wildman–Crippen LogP) is 4.82. The molecule has 2 aliphatic heterocycles. The Morgan fingerprint density at radius 1 is 0.735 bits per heavy atom. The molecule has 16 heteroatoms. The Labute approximate surface area is 301 Å². The summed E-state index contributed by atoms with van der Waals surface area (Å²) in [6.45, 7) is 20.0. The van der Waals surface area contributed by atoms with Crippen LogP contribution in [0.15, 0.2) is 41.4 Å². The molecular weight excluding hydrogens is 697 g/mol. The first-order valence-corrected chi connectivity index (χ1v) is 16.6. The fourth-order valence-corrected chi connectivity index (χ4v) is 4.87. The SMILES string of the molecule is C.CC1(C)OB(B2OC(C)(C)C(C)(C)O2)OC1(C)C.COC(=O)CC(C)c1cncc(B(O)O)c1.COC(=O)CC(C)c1cncc(Br)c1. The minimum Gasteiger partial charge on any atom is -0.469 e. The third-order valence-electron chi connectivity index (χ3n) is 9.11. The zero-order valence-electron chi connectivity index (χ0n) is 30.2. The summed E-state index contributed by atoms with van der Waals surface area (Å²) in [4.78, 5) is 30.0. The van der Waals surface area contributed by atoms with Crippen LogP contribution in [-0.2, 0) is 37.7 Å². The molecule has 272 valence electrons. The Balaban J connectivity index is 0.000000367. The number of halogens is 1. The quantitative estimate of drug-likeness (QED) is 0.281. The molecule has 12 nitrogen and oxygen atoms in total. The fraction of sp³-hybridized carbons (Fsp3) is 0.636. The maximum Gasteiger partial charge on any atom is 0.490 e. The third kappa shape index (κ3) is 12.4. The van der Waals surface area contributed by atoms with Crippen LogP contribution >= 0.6 is 15.9 Å². The van der Waals surface area contributed by atoms with Crippen molar-refractivity contribution in [3.8, 4) is 0 Å². The lowest BCUT2D eigenvalue weighted by Crippen LogP contribution is -2.41. The van der Waals surface area contributed by atoms with Crippen LogP contribution in [0, 0.1) is 0 Å². The molecule has 2 atom stereocenters. The second kappa shape index (κ2) is 18.3. The highest BCUT2D eigenvalue weighted by Gasteiger charge is 2.63. The van der Waals surface area contributed by atoms with E-state index >= 15 is 0 Å². The molecule has 0 saturated carbocycles. The van der Waals surface area contributed by atoms with Crippen molar-refractivity contribution in [2.45, 2.75) is 124 Å². The number of hydrogen-bond acceptors (Lipinski definition) is 12. The molecule has 0 amide bonds. The predicted molar refractivity (Wildman–Crippen MR) is 195 cm³/mol. The van der Waals surface area contributed by atoms with Crippen molar-refractivity contribution in [2.24, 2.45) is 0 Å². The summed E-state index contributed by atoms with van der Waals surface area (Å²) < 4.78 is 33.9. The van der Waals surface area contributed by atoms with Crippen LogP contribution in [0.2, 0.25) is 0 Å². The van der Waals surface area contributed by atoms with E-state index in [1.807, 2.05) is 75.3 Å². The number of carbonyl (C=O) groups excluding carboxylic acids is 2. The van der Waals surface area contributed by atoms with Crippen LogP contribution in [0.5, 0.6) is 0 Å². The molecule has 2 N–H and O–H groups in total. The van der Waals surface area contributed by atoms with Crippen molar-refractivity contribution < 1.29 is 47.7 Å². The number of methoxy groups -OCH3 is 2. The summed E-state index contributed by atoms with van der Waals surface area (Å²) in [6, 6.07) is 3.58. The van der Waals surface area contributed by atoms with Crippen molar-refractivity contribution in [1.82, 2.24) is 9.97 Å². The van der Waals surface area contributed by atoms with Gasteiger partial charge >= 0.3 is 33.1 Å². The highest BCUT2D eigenvalue weighted by atomic mass is 79.9. The molecule has 49 heavy (non-hydrogen) atoms. The van der Waals surface area contributed by atoms with Crippen molar-refractivity contribution in [2.75, 3.05) is 14.2 Å². The van der Waals surface area contributed by atoms with Crippen LogP contribution < -0.4 is 5.46 Å². The van der Waals surface area contributed by atoms with Gasteiger partial charge in [0.25, 0.3) is 0 Å². The average Bonchev–Trinajstić information content (AvgIpc) is 3.36. The van der Waals surface area contributed by atoms with Crippen LogP contribution in [0.3, 0.4) is 0 Å². The summed E-state index contributed by atoms with van der Waals surface area (Å²) in [6.07, 6.45) is 7.07. The first-order chi connectivity index (χ1) is 22.1. The Kier molecular flexibility index (Phi) is 16.6. The monoisotopic (exact) mass is 750 g/mol. The van der Waals surface area contributed by atoms with Crippen molar-refractivity contribution in [3.05, 3.63) is 52.5 Å². The molecule has 2 aromatic rings. The minimum absolute atomic E-state index is 0. The molecule has 2 aliphatic rings. The summed E-state index contributed by atoms with van der Waals surface area (Å²) >= 11 is 3.34. The lowest BCUT2D eigenvalue weighted by molar-refractivity contribution is -0.141. The van der Waals surface area contributed by atoms with Gasteiger partial charge in [0.05, 0.1) is 49.5 Å². The van der Waals surface area contributed by atoms with Gasteiger partial charge in [0, 0.05) is 34.7 Å². The molecule has 0 spiro atoms. The zero-order valence-corrected chi connectivity index (χ0v) is 31.8. The lowest BCUT2D eigenvalue weighted by Gasteiger charge is -2.32. The number of esters is 2. The minimum atomic E-state index is -1.54. The second-order valence-electron chi connectivity index (χ2n) is 14.0. The van der Waals surface area contributed by atoms with E-state index in [2.05, 4.69) is 35.4 Å². The largest absolute Gasteiger partial charge is 0.490 e. The standard InChI is InChI=1S/C12H24B2O4.C10H14BNO4.C10H12BrNO2.CH4/c1-9(2)10(3,4)16-13(15-9)14-17-11(5,6)12(7,8)18-14;1-7(3-10(13)16-2)8-4-9(11(14)15)6-12-5-8;1-7(3-10(13)14-2)8-4-9(11)6-12-5-8;/h1-8H3;4-7,14-15H,3H2,1-2H3;4-7H,3H2,1-2H3;1H4. The first kappa shape index (κ1) is 44.7. The van der Waals surface area contributed by atoms with Gasteiger partial charge in [0.1, 0.15) is 0 Å². The van der Waals surface area contributed by atoms with Gasteiger partial charge in [-0.2, -0.15) is 0 Å². The maximum absolute atomic E-state index is 11.1. The van der Waals surface area contributed by atoms with Gasteiger partial charge in [-0.05, 0) is 100 Å². The van der Waals surface area contributed by atoms with Gasteiger partial charge in [-0.3, -0.25) is 19.6 Å². The Bertz CT molecular complexity index is 1310. The van der Waals surface area contributed by atoms with Crippen LogP contribution in [0.4, 0.5) is 0 Å². The molecular formula is C33H54B3BrN2O10. The molecule has 2 saturated heterocycles. The van der Waals surface area contributed by atoms with Crippen LogP contribution in [-0.4, -0.2) is 89.7 Å². The first-order valence-electron chi connectivity index (χ1n) is 15.8. The molecule has 4 heterocycles. The number of aromatic nitrogens is 2. The number of ether oxygens (including phenoxy) is 2. The second-order valence-corrected chi connectivity index (χ2v) is 14.9. The number of hydrogen-bond donors (Lipinski definition) is 2. The van der Waals surface area contributed by atoms with Crippen molar-refractivity contribution >= 4 is 54.5 Å². The average molecular weight is 751 g/mol. The van der Waals surface area contributed by atoms with Crippen molar-refractivity contribution in [1.29, 1.82) is 0 Å². The van der Waals surface area contributed by atoms with E-state index < -0.39 is 21.1 Å². The summed E-state index contributed by atoms with van der Waals surface area (Å²) in [5.74, 6) is -0.439. The lowest BCUT2D eigenvalue weighted by atomic mass is 9.49. The van der Waals surface area contributed by atoms with Gasteiger partial charge < -0.3 is 38.1 Å². The van der Waals surface area contributed by atoms with E-state index in [4.69, 9.17) is 28.7 Å². The molecule has 0 radical (unpaired) electrons. The number of pyridine rings is 2. The van der Waals surface area contributed by atoms with E-state index in [0.29, 0.717) is 11.9 Å². The van der Waals surface area contributed by atoms with E-state index in [1.165, 1.54) is 20.4 Å². The molecule has 4 rings (SSSR count). The van der Waals surface area contributed by atoms with Gasteiger partial charge in [0.15, 0.2) is 0 Å². The van der Waals surface area contributed by atoms with Gasteiger partial charge in [-0.15, -0.1) is 0 Å².